The molecule has 1 saturated heterocycles. The van der Waals surface area contributed by atoms with Crippen molar-refractivity contribution >= 4 is 5.97 Å². The van der Waals surface area contributed by atoms with Crippen LogP contribution in [0.2, 0.25) is 0 Å². The van der Waals surface area contributed by atoms with Crippen molar-refractivity contribution in [1.29, 1.82) is 0 Å². The van der Waals surface area contributed by atoms with Gasteiger partial charge in [0, 0.05) is 0 Å². The summed E-state index contributed by atoms with van der Waals surface area (Å²) in [5.41, 5.74) is 0. The lowest BCUT2D eigenvalue weighted by molar-refractivity contribution is -0.142. The minimum atomic E-state index is -0.114. The maximum Gasteiger partial charge on any atom is 0.322 e. The monoisotopic (exact) mass is 199 g/mol. The van der Waals surface area contributed by atoms with Crippen LogP contribution in [0.25, 0.3) is 0 Å². The molecule has 0 aromatic rings. The molecule has 1 heterocycles. The molecule has 1 fully saturated rings. The van der Waals surface area contributed by atoms with Gasteiger partial charge < -0.3 is 10.1 Å². The van der Waals surface area contributed by atoms with Crippen LogP contribution in [0.3, 0.4) is 0 Å². The van der Waals surface area contributed by atoms with Crippen molar-refractivity contribution < 1.29 is 9.53 Å². The van der Waals surface area contributed by atoms with Crippen molar-refractivity contribution in [2.75, 3.05) is 13.7 Å². The van der Waals surface area contributed by atoms with Gasteiger partial charge in [0.1, 0.15) is 6.04 Å². The van der Waals surface area contributed by atoms with Crippen LogP contribution < -0.4 is 5.32 Å². The van der Waals surface area contributed by atoms with Crippen molar-refractivity contribution in [3.8, 4) is 0 Å². The Morgan fingerprint density at radius 3 is 2.86 bits per heavy atom. The molecule has 1 aliphatic heterocycles. The molecule has 1 rings (SSSR count). The maximum atomic E-state index is 11.2. The molecule has 1 unspecified atom stereocenters. The molecule has 0 aromatic heterocycles. The average molecular weight is 199 g/mol. The van der Waals surface area contributed by atoms with Crippen LogP contribution in [0.15, 0.2) is 0 Å². The van der Waals surface area contributed by atoms with Gasteiger partial charge in [0.25, 0.3) is 0 Å². The molecule has 0 bridgehead atoms. The summed E-state index contributed by atoms with van der Waals surface area (Å²) in [5, 5.41) is 3.21. The van der Waals surface area contributed by atoms with E-state index in [1.807, 2.05) is 0 Å². The van der Waals surface area contributed by atoms with E-state index in [2.05, 4.69) is 19.2 Å². The quantitative estimate of drug-likeness (QED) is 0.698. The first kappa shape index (κ1) is 11.5. The molecule has 0 amide bonds. The van der Waals surface area contributed by atoms with Crippen LogP contribution in [0.4, 0.5) is 0 Å². The van der Waals surface area contributed by atoms with E-state index in [-0.39, 0.29) is 12.0 Å². The summed E-state index contributed by atoms with van der Waals surface area (Å²) in [6.45, 7) is 5.44. The number of carbonyl (C=O) groups excluding carboxylic acids is 1. The van der Waals surface area contributed by atoms with Gasteiger partial charge in [-0.2, -0.15) is 0 Å². The van der Waals surface area contributed by atoms with Gasteiger partial charge in [-0.3, -0.25) is 4.79 Å². The van der Waals surface area contributed by atoms with Crippen molar-refractivity contribution in [2.45, 2.75) is 39.2 Å². The normalized spacial score (nSPS) is 26.9. The maximum absolute atomic E-state index is 11.2. The first-order valence-corrected chi connectivity index (χ1v) is 5.44. The van der Waals surface area contributed by atoms with E-state index in [1.54, 1.807) is 0 Å². The molecule has 1 N–H and O–H groups in total. The van der Waals surface area contributed by atoms with Crippen molar-refractivity contribution in [3.63, 3.8) is 0 Å². The summed E-state index contributed by atoms with van der Waals surface area (Å²) in [5.74, 6) is 1.30. The van der Waals surface area contributed by atoms with E-state index < -0.39 is 0 Å². The van der Waals surface area contributed by atoms with E-state index >= 15 is 0 Å². The predicted octanol–water partition coefficient (Wildman–Crippen LogP) is 1.57. The Hall–Kier alpha value is -0.570. The molecule has 14 heavy (non-hydrogen) atoms. The highest BCUT2D eigenvalue weighted by atomic mass is 16.5. The second-order valence-corrected chi connectivity index (χ2v) is 4.56. The summed E-state index contributed by atoms with van der Waals surface area (Å²) in [6.07, 6.45) is 3.41. The molecule has 1 aliphatic rings. The third-order valence-corrected chi connectivity index (χ3v) is 2.86. The first-order valence-electron chi connectivity index (χ1n) is 5.44. The van der Waals surface area contributed by atoms with Gasteiger partial charge in [-0.05, 0) is 31.2 Å². The highest BCUT2D eigenvalue weighted by Crippen LogP contribution is 2.21. The largest absolute Gasteiger partial charge is 0.468 e. The van der Waals surface area contributed by atoms with Crippen LogP contribution in [-0.4, -0.2) is 25.7 Å². The second kappa shape index (κ2) is 5.35. The highest BCUT2D eigenvalue weighted by molar-refractivity contribution is 5.75. The van der Waals surface area contributed by atoms with Gasteiger partial charge in [-0.1, -0.05) is 20.3 Å². The van der Waals surface area contributed by atoms with E-state index in [4.69, 9.17) is 4.74 Å². The molecule has 2 atom stereocenters. The number of hydrogen-bond donors (Lipinski definition) is 1. The molecule has 0 aliphatic carbocycles. The number of hydrogen-bond acceptors (Lipinski definition) is 3. The number of carbonyl (C=O) groups is 1. The minimum Gasteiger partial charge on any atom is -0.468 e. The molecular weight excluding hydrogens is 178 g/mol. The zero-order valence-corrected chi connectivity index (χ0v) is 9.38. The van der Waals surface area contributed by atoms with Gasteiger partial charge in [-0.15, -0.1) is 0 Å². The number of rotatable bonds is 4. The first-order chi connectivity index (χ1) is 6.63. The Labute approximate surface area is 86.2 Å². The zero-order chi connectivity index (χ0) is 10.6. The van der Waals surface area contributed by atoms with Gasteiger partial charge in [0.15, 0.2) is 0 Å². The van der Waals surface area contributed by atoms with Gasteiger partial charge >= 0.3 is 5.97 Å². The van der Waals surface area contributed by atoms with Crippen LogP contribution in [-0.2, 0) is 9.53 Å². The predicted molar refractivity (Wildman–Crippen MR) is 56.0 cm³/mol. The molecule has 3 nitrogen and oxygen atoms in total. The van der Waals surface area contributed by atoms with Gasteiger partial charge in [-0.25, -0.2) is 0 Å². The average Bonchev–Trinajstić information content (AvgIpc) is 2.62. The molecular formula is C11H21NO2. The van der Waals surface area contributed by atoms with Crippen molar-refractivity contribution in [2.24, 2.45) is 11.8 Å². The van der Waals surface area contributed by atoms with Crippen LogP contribution in [0, 0.1) is 11.8 Å². The fourth-order valence-corrected chi connectivity index (χ4v) is 1.92. The van der Waals surface area contributed by atoms with Gasteiger partial charge in [0.05, 0.1) is 7.11 Å². The van der Waals surface area contributed by atoms with Crippen molar-refractivity contribution in [3.05, 3.63) is 0 Å². The Morgan fingerprint density at radius 2 is 2.29 bits per heavy atom. The number of esters is 1. The lowest BCUT2D eigenvalue weighted by atomic mass is 9.96. The van der Waals surface area contributed by atoms with Gasteiger partial charge in [0.2, 0.25) is 0 Å². The molecule has 3 heteroatoms. The van der Waals surface area contributed by atoms with Crippen LogP contribution in [0.1, 0.15) is 33.1 Å². The summed E-state index contributed by atoms with van der Waals surface area (Å²) >= 11 is 0. The van der Waals surface area contributed by atoms with E-state index in [0.29, 0.717) is 5.92 Å². The van der Waals surface area contributed by atoms with E-state index in [9.17, 15) is 4.79 Å². The minimum absolute atomic E-state index is 0.0582. The van der Waals surface area contributed by atoms with Crippen molar-refractivity contribution in [1.82, 2.24) is 5.32 Å². The highest BCUT2D eigenvalue weighted by Gasteiger charge is 2.29. The Morgan fingerprint density at radius 1 is 1.57 bits per heavy atom. The molecule has 0 radical (unpaired) electrons. The standard InChI is InChI=1S/C11H21NO2/c1-8(2)4-5-9-6-10(12-7-9)11(13)14-3/h8-10,12H,4-7H2,1-3H3/t9?,10-/m0/s1. The second-order valence-electron chi connectivity index (χ2n) is 4.56. The Kier molecular flexibility index (Phi) is 4.39. The van der Waals surface area contributed by atoms with Crippen LogP contribution >= 0.6 is 0 Å². The third kappa shape index (κ3) is 3.29. The van der Waals surface area contributed by atoms with Crippen LogP contribution in [0.5, 0.6) is 0 Å². The number of methoxy groups -OCH3 is 1. The van der Waals surface area contributed by atoms with E-state index in [0.717, 1.165) is 18.9 Å². The molecule has 0 aromatic carbocycles. The Balaban J connectivity index is 2.23. The molecule has 82 valence electrons. The van der Waals surface area contributed by atoms with E-state index in [1.165, 1.54) is 20.0 Å². The summed E-state index contributed by atoms with van der Waals surface area (Å²) < 4.78 is 4.71. The SMILES string of the molecule is COC(=O)[C@@H]1CC(CCC(C)C)CN1. The zero-order valence-electron chi connectivity index (χ0n) is 9.38. The molecule has 0 spiro atoms. The topological polar surface area (TPSA) is 38.3 Å². The third-order valence-electron chi connectivity index (χ3n) is 2.86. The summed E-state index contributed by atoms with van der Waals surface area (Å²) in [6, 6.07) is -0.0582. The molecule has 0 saturated carbocycles. The fraction of sp³-hybridized carbons (Fsp3) is 0.909. The smallest absolute Gasteiger partial charge is 0.322 e. The summed E-state index contributed by atoms with van der Waals surface area (Å²) in [7, 11) is 1.45. The number of ether oxygens (including phenoxy) is 1. The fourth-order valence-electron chi connectivity index (χ4n) is 1.92. The lowest BCUT2D eigenvalue weighted by Crippen LogP contribution is -2.31. The Bertz CT molecular complexity index is 192. The lowest BCUT2D eigenvalue weighted by Gasteiger charge is -2.10. The summed E-state index contributed by atoms with van der Waals surface area (Å²) in [4.78, 5) is 11.2. The number of nitrogens with one attached hydrogen (secondary N) is 1.